The number of likely N-dealkylation sites (tertiary alicyclic amines) is 1. The van der Waals surface area contributed by atoms with Gasteiger partial charge >= 0.3 is 0 Å². The van der Waals surface area contributed by atoms with Gasteiger partial charge in [0, 0.05) is 18.5 Å². The predicted molar refractivity (Wildman–Crippen MR) is 58.2 cm³/mol. The molecule has 5 nitrogen and oxygen atoms in total. The summed E-state index contributed by atoms with van der Waals surface area (Å²) < 4.78 is 0. The van der Waals surface area contributed by atoms with Crippen LogP contribution in [-0.2, 0) is 9.59 Å². The molecule has 0 bridgehead atoms. The second-order valence-electron chi connectivity index (χ2n) is 4.95. The second kappa shape index (κ2) is 4.52. The van der Waals surface area contributed by atoms with Gasteiger partial charge in [0.25, 0.3) is 0 Å². The molecule has 0 aromatic rings. The highest BCUT2D eigenvalue weighted by atomic mass is 16.2. The summed E-state index contributed by atoms with van der Waals surface area (Å²) in [5.41, 5.74) is -0.249. The first-order chi connectivity index (χ1) is 7.36. The maximum absolute atomic E-state index is 11.7. The fourth-order valence-corrected chi connectivity index (χ4v) is 1.80. The molecule has 5 heteroatoms. The SMILES string of the molecule is CC(C)(C)N1CC(C(=O)NCC#N)CC1=O. The predicted octanol–water partition coefficient (Wildman–Crippen LogP) is 0.273. The molecule has 1 fully saturated rings. The third-order valence-corrected chi connectivity index (χ3v) is 2.65. The van der Waals surface area contributed by atoms with Gasteiger partial charge in [-0.1, -0.05) is 0 Å². The van der Waals surface area contributed by atoms with Gasteiger partial charge in [-0.15, -0.1) is 0 Å². The van der Waals surface area contributed by atoms with E-state index in [1.54, 1.807) is 4.90 Å². The molecule has 0 spiro atoms. The molecule has 0 radical (unpaired) electrons. The molecule has 1 rings (SSSR count). The van der Waals surface area contributed by atoms with E-state index in [0.717, 1.165) is 0 Å². The van der Waals surface area contributed by atoms with Gasteiger partial charge in [0.2, 0.25) is 11.8 Å². The van der Waals surface area contributed by atoms with Gasteiger partial charge in [0.15, 0.2) is 0 Å². The van der Waals surface area contributed by atoms with Crippen LogP contribution in [0.5, 0.6) is 0 Å². The summed E-state index contributed by atoms with van der Waals surface area (Å²) in [6, 6.07) is 1.84. The molecule has 1 heterocycles. The van der Waals surface area contributed by atoms with E-state index in [-0.39, 0.29) is 36.2 Å². The van der Waals surface area contributed by atoms with Gasteiger partial charge in [-0.25, -0.2) is 0 Å². The Kier molecular flexibility index (Phi) is 3.53. The summed E-state index contributed by atoms with van der Waals surface area (Å²) in [5.74, 6) is -0.522. The Bertz CT molecular complexity index is 338. The summed E-state index contributed by atoms with van der Waals surface area (Å²) in [5, 5.41) is 10.8. The molecular weight excluding hydrogens is 206 g/mol. The molecule has 2 amide bonds. The molecule has 0 saturated carbocycles. The first-order valence-electron chi connectivity index (χ1n) is 5.31. The van der Waals surface area contributed by atoms with Crippen molar-refractivity contribution in [1.29, 1.82) is 5.26 Å². The standard InChI is InChI=1S/C11H17N3O2/c1-11(2,3)14-7-8(6-9(14)15)10(16)13-5-4-12/h8H,5-7H2,1-3H3,(H,13,16). The zero-order valence-electron chi connectivity index (χ0n) is 9.91. The number of hydrogen-bond acceptors (Lipinski definition) is 3. The van der Waals surface area contributed by atoms with Crippen molar-refractivity contribution < 1.29 is 9.59 Å². The monoisotopic (exact) mass is 223 g/mol. The van der Waals surface area contributed by atoms with Crippen LogP contribution in [0.25, 0.3) is 0 Å². The van der Waals surface area contributed by atoms with Crippen molar-refractivity contribution in [2.45, 2.75) is 32.7 Å². The van der Waals surface area contributed by atoms with Crippen molar-refractivity contribution >= 4 is 11.8 Å². The largest absolute Gasteiger partial charge is 0.343 e. The Morgan fingerprint density at radius 2 is 2.25 bits per heavy atom. The number of hydrogen-bond donors (Lipinski definition) is 1. The Hall–Kier alpha value is -1.57. The quantitative estimate of drug-likeness (QED) is 0.683. The molecule has 0 aliphatic carbocycles. The van der Waals surface area contributed by atoms with Crippen LogP contribution < -0.4 is 5.32 Å². The van der Waals surface area contributed by atoms with E-state index < -0.39 is 0 Å². The normalized spacial score (nSPS) is 20.8. The summed E-state index contributed by atoms with van der Waals surface area (Å²) in [6.07, 6.45) is 0.245. The van der Waals surface area contributed by atoms with E-state index >= 15 is 0 Å². The lowest BCUT2D eigenvalue weighted by Crippen LogP contribution is -2.43. The third-order valence-electron chi connectivity index (χ3n) is 2.65. The van der Waals surface area contributed by atoms with Crippen LogP contribution in [0.2, 0.25) is 0 Å². The summed E-state index contributed by atoms with van der Waals surface area (Å²) in [7, 11) is 0. The molecule has 1 unspecified atom stereocenters. The lowest BCUT2D eigenvalue weighted by molar-refractivity contribution is -0.132. The average molecular weight is 223 g/mol. The minimum absolute atomic E-state index is 0.000951. The van der Waals surface area contributed by atoms with Crippen LogP contribution in [-0.4, -0.2) is 35.3 Å². The molecule has 0 aromatic heterocycles. The zero-order chi connectivity index (χ0) is 12.3. The average Bonchev–Trinajstić information content (AvgIpc) is 2.56. The highest BCUT2D eigenvalue weighted by molar-refractivity contribution is 5.89. The molecule has 1 aliphatic heterocycles. The van der Waals surface area contributed by atoms with Crippen LogP contribution in [0.1, 0.15) is 27.2 Å². The van der Waals surface area contributed by atoms with Gasteiger partial charge in [-0.3, -0.25) is 9.59 Å². The van der Waals surface area contributed by atoms with E-state index in [4.69, 9.17) is 5.26 Å². The van der Waals surface area contributed by atoms with Crippen molar-refractivity contribution in [3.63, 3.8) is 0 Å². The molecule has 0 aromatic carbocycles. The molecule has 1 atom stereocenters. The van der Waals surface area contributed by atoms with Crippen LogP contribution in [0.15, 0.2) is 0 Å². The Balaban J connectivity index is 2.60. The van der Waals surface area contributed by atoms with Crippen molar-refractivity contribution in [1.82, 2.24) is 10.2 Å². The van der Waals surface area contributed by atoms with Crippen LogP contribution >= 0.6 is 0 Å². The van der Waals surface area contributed by atoms with Crippen LogP contribution in [0.4, 0.5) is 0 Å². The fraction of sp³-hybridized carbons (Fsp3) is 0.727. The van der Waals surface area contributed by atoms with E-state index in [0.29, 0.717) is 6.54 Å². The fourth-order valence-electron chi connectivity index (χ4n) is 1.80. The molecule has 1 N–H and O–H groups in total. The number of nitrogens with one attached hydrogen (secondary N) is 1. The topological polar surface area (TPSA) is 73.2 Å². The number of carbonyl (C=O) groups is 2. The third kappa shape index (κ3) is 2.72. The van der Waals surface area contributed by atoms with Gasteiger partial charge in [-0.05, 0) is 20.8 Å². The minimum atomic E-state index is -0.319. The Labute approximate surface area is 95.4 Å². The summed E-state index contributed by atoms with van der Waals surface area (Å²) in [6.45, 7) is 6.28. The van der Waals surface area contributed by atoms with E-state index in [9.17, 15) is 9.59 Å². The number of rotatable bonds is 2. The molecular formula is C11H17N3O2. The van der Waals surface area contributed by atoms with Gasteiger partial charge in [0.05, 0.1) is 12.0 Å². The van der Waals surface area contributed by atoms with Crippen LogP contribution in [0, 0.1) is 17.2 Å². The Morgan fingerprint density at radius 1 is 1.62 bits per heavy atom. The number of nitriles is 1. The van der Waals surface area contributed by atoms with Gasteiger partial charge in [-0.2, -0.15) is 5.26 Å². The van der Waals surface area contributed by atoms with Crippen molar-refractivity contribution in [3.05, 3.63) is 0 Å². The van der Waals surface area contributed by atoms with E-state index in [1.807, 2.05) is 26.8 Å². The number of nitrogens with zero attached hydrogens (tertiary/aromatic N) is 2. The van der Waals surface area contributed by atoms with Crippen molar-refractivity contribution in [2.24, 2.45) is 5.92 Å². The summed E-state index contributed by atoms with van der Waals surface area (Å²) in [4.78, 5) is 25.0. The number of carbonyl (C=O) groups excluding carboxylic acids is 2. The smallest absolute Gasteiger partial charge is 0.226 e. The molecule has 1 aliphatic rings. The van der Waals surface area contributed by atoms with Gasteiger partial charge < -0.3 is 10.2 Å². The van der Waals surface area contributed by atoms with E-state index in [1.165, 1.54) is 0 Å². The lowest BCUT2D eigenvalue weighted by Gasteiger charge is -2.31. The van der Waals surface area contributed by atoms with Crippen LogP contribution in [0.3, 0.4) is 0 Å². The number of amides is 2. The first-order valence-corrected chi connectivity index (χ1v) is 5.31. The van der Waals surface area contributed by atoms with E-state index in [2.05, 4.69) is 5.32 Å². The maximum Gasteiger partial charge on any atom is 0.226 e. The van der Waals surface area contributed by atoms with Gasteiger partial charge in [0.1, 0.15) is 6.54 Å². The maximum atomic E-state index is 11.7. The highest BCUT2D eigenvalue weighted by Gasteiger charge is 2.39. The molecule has 1 saturated heterocycles. The highest BCUT2D eigenvalue weighted by Crippen LogP contribution is 2.25. The summed E-state index contributed by atoms with van der Waals surface area (Å²) >= 11 is 0. The molecule has 16 heavy (non-hydrogen) atoms. The molecule has 88 valence electrons. The lowest BCUT2D eigenvalue weighted by atomic mass is 10.1. The zero-order valence-corrected chi connectivity index (χ0v) is 9.91. The first kappa shape index (κ1) is 12.5. The minimum Gasteiger partial charge on any atom is -0.343 e. The van der Waals surface area contributed by atoms with Crippen molar-refractivity contribution in [3.8, 4) is 6.07 Å². The Morgan fingerprint density at radius 3 is 2.69 bits per heavy atom. The second-order valence-corrected chi connectivity index (χ2v) is 4.95. The van der Waals surface area contributed by atoms with Crippen molar-refractivity contribution in [2.75, 3.05) is 13.1 Å².